The molecule has 0 bridgehead atoms. The number of benzene rings is 2. The summed E-state index contributed by atoms with van der Waals surface area (Å²) < 4.78 is 39.0. The maximum Gasteiger partial charge on any atom is 0.451 e. The molecule has 0 aliphatic carbocycles. The first-order valence-corrected chi connectivity index (χ1v) is 7.06. The number of alkyl halides is 3. The number of halogens is 3. The van der Waals surface area contributed by atoms with Crippen LogP contribution in [-0.2, 0) is 6.18 Å². The van der Waals surface area contributed by atoms with Gasteiger partial charge in [0.1, 0.15) is 5.82 Å². The van der Waals surface area contributed by atoms with Crippen molar-refractivity contribution in [2.45, 2.75) is 13.1 Å². The van der Waals surface area contributed by atoms with Crippen LogP contribution in [0.1, 0.15) is 23.1 Å². The van der Waals surface area contributed by atoms with E-state index in [0.717, 1.165) is 0 Å². The summed E-state index contributed by atoms with van der Waals surface area (Å²) in [6, 6.07) is 12.9. The summed E-state index contributed by atoms with van der Waals surface area (Å²) in [4.78, 5) is 18.5. The highest BCUT2D eigenvalue weighted by molar-refractivity contribution is 5.95. The molecule has 2 aromatic carbocycles. The fraction of sp³-hybridized carbons (Fsp3) is 0.118. The Balaban J connectivity index is 2.05. The highest BCUT2D eigenvalue weighted by Crippen LogP contribution is 2.31. The minimum atomic E-state index is -4.64. The van der Waals surface area contributed by atoms with Crippen molar-refractivity contribution < 1.29 is 18.0 Å². The lowest BCUT2D eigenvalue weighted by atomic mass is 10.1. The van der Waals surface area contributed by atoms with Crippen molar-refractivity contribution in [3.05, 3.63) is 59.9 Å². The third-order valence-electron chi connectivity index (χ3n) is 3.41. The average Bonchev–Trinajstić information content (AvgIpc) is 2.54. The quantitative estimate of drug-likeness (QED) is 0.713. The first-order valence-electron chi connectivity index (χ1n) is 7.06. The zero-order chi connectivity index (χ0) is 17.3. The highest BCUT2D eigenvalue weighted by Gasteiger charge is 2.35. The Bertz CT molecular complexity index is 905. The van der Waals surface area contributed by atoms with Gasteiger partial charge in [-0.05, 0) is 43.3 Å². The van der Waals surface area contributed by atoms with Gasteiger partial charge >= 0.3 is 6.18 Å². The smallest absolute Gasteiger partial charge is 0.340 e. The van der Waals surface area contributed by atoms with Gasteiger partial charge in [0.05, 0.1) is 5.52 Å². The predicted molar refractivity (Wildman–Crippen MR) is 84.3 cm³/mol. The molecule has 0 atom stereocenters. The summed E-state index contributed by atoms with van der Waals surface area (Å²) in [5, 5.41) is 3.34. The number of anilines is 2. The van der Waals surface area contributed by atoms with Crippen LogP contribution in [0.15, 0.2) is 48.5 Å². The number of Topliss-reactive ketones (excluding diaryl/α,β-unsaturated/α-hetero) is 1. The van der Waals surface area contributed by atoms with Gasteiger partial charge in [-0.1, -0.05) is 12.1 Å². The fourth-order valence-electron chi connectivity index (χ4n) is 2.22. The number of ketones is 1. The summed E-state index contributed by atoms with van der Waals surface area (Å²) in [6.07, 6.45) is -4.64. The van der Waals surface area contributed by atoms with Crippen LogP contribution in [0.25, 0.3) is 10.9 Å². The number of hydrogen-bond donors (Lipinski definition) is 1. The Labute approximate surface area is 135 Å². The third-order valence-corrected chi connectivity index (χ3v) is 3.41. The van der Waals surface area contributed by atoms with Crippen molar-refractivity contribution in [1.29, 1.82) is 0 Å². The Morgan fingerprint density at radius 1 is 1.00 bits per heavy atom. The van der Waals surface area contributed by atoms with E-state index in [-0.39, 0.29) is 17.1 Å². The van der Waals surface area contributed by atoms with Gasteiger partial charge in [0.15, 0.2) is 5.78 Å². The lowest BCUT2D eigenvalue weighted by Gasteiger charge is -2.12. The first-order chi connectivity index (χ1) is 11.3. The Kier molecular flexibility index (Phi) is 3.92. The molecule has 1 N–H and O–H groups in total. The van der Waals surface area contributed by atoms with Crippen molar-refractivity contribution in [2.24, 2.45) is 0 Å². The molecule has 0 aliphatic rings. The van der Waals surface area contributed by atoms with Gasteiger partial charge < -0.3 is 5.32 Å². The molecule has 3 rings (SSSR count). The van der Waals surface area contributed by atoms with Crippen molar-refractivity contribution in [2.75, 3.05) is 5.32 Å². The van der Waals surface area contributed by atoms with Gasteiger partial charge in [0, 0.05) is 16.6 Å². The molecule has 122 valence electrons. The lowest BCUT2D eigenvalue weighted by molar-refractivity contribution is -0.144. The van der Waals surface area contributed by atoms with Crippen molar-refractivity contribution in [1.82, 2.24) is 9.97 Å². The number of nitrogens with zero attached hydrogens (tertiary/aromatic N) is 2. The van der Waals surface area contributed by atoms with Gasteiger partial charge in [0.25, 0.3) is 0 Å². The summed E-state index contributed by atoms with van der Waals surface area (Å²) >= 11 is 0. The standard InChI is InChI=1S/C17H12F3N3O/c1-10(24)11-6-8-12(9-7-11)21-15-13-4-2-3-5-14(13)22-16(23-15)17(18,19)20/h2-9H,1H3,(H,21,22,23). The summed E-state index contributed by atoms with van der Waals surface area (Å²) in [5.74, 6) is -1.24. The zero-order valence-electron chi connectivity index (χ0n) is 12.6. The minimum Gasteiger partial charge on any atom is -0.340 e. The highest BCUT2D eigenvalue weighted by atomic mass is 19.4. The van der Waals surface area contributed by atoms with E-state index in [0.29, 0.717) is 16.6 Å². The van der Waals surface area contributed by atoms with E-state index in [1.807, 2.05) is 0 Å². The molecule has 0 amide bonds. The number of carbonyl (C=O) groups excluding carboxylic acids is 1. The minimum absolute atomic E-state index is 0.0588. The number of fused-ring (bicyclic) bond motifs is 1. The second-order valence-electron chi connectivity index (χ2n) is 5.17. The van der Waals surface area contributed by atoms with Gasteiger partial charge in [-0.2, -0.15) is 13.2 Å². The molecule has 0 spiro atoms. The van der Waals surface area contributed by atoms with E-state index >= 15 is 0 Å². The maximum absolute atomic E-state index is 13.0. The van der Waals surface area contributed by atoms with Crippen LogP contribution in [-0.4, -0.2) is 15.8 Å². The summed E-state index contributed by atoms with van der Waals surface area (Å²) in [5.41, 5.74) is 1.24. The Morgan fingerprint density at radius 2 is 1.67 bits per heavy atom. The molecule has 0 saturated carbocycles. The van der Waals surface area contributed by atoms with E-state index in [1.165, 1.54) is 13.0 Å². The van der Waals surface area contributed by atoms with Crippen LogP contribution in [0.2, 0.25) is 0 Å². The number of rotatable bonds is 3. The van der Waals surface area contributed by atoms with Crippen LogP contribution in [0.3, 0.4) is 0 Å². The molecule has 0 saturated heterocycles. The molecular weight excluding hydrogens is 319 g/mol. The molecule has 1 heterocycles. The number of hydrogen-bond acceptors (Lipinski definition) is 4. The summed E-state index contributed by atoms with van der Waals surface area (Å²) in [7, 11) is 0. The van der Waals surface area contributed by atoms with E-state index in [4.69, 9.17) is 0 Å². The van der Waals surface area contributed by atoms with E-state index in [2.05, 4.69) is 15.3 Å². The number of nitrogens with one attached hydrogen (secondary N) is 1. The van der Waals surface area contributed by atoms with Crippen LogP contribution >= 0.6 is 0 Å². The Hall–Kier alpha value is -2.96. The predicted octanol–water partition coefficient (Wildman–Crippen LogP) is 4.59. The lowest BCUT2D eigenvalue weighted by Crippen LogP contribution is -2.12. The molecular formula is C17H12F3N3O. The van der Waals surface area contributed by atoms with Crippen LogP contribution < -0.4 is 5.32 Å². The molecule has 4 nitrogen and oxygen atoms in total. The van der Waals surface area contributed by atoms with E-state index in [1.54, 1.807) is 42.5 Å². The van der Waals surface area contributed by atoms with Crippen molar-refractivity contribution in [3.63, 3.8) is 0 Å². The topological polar surface area (TPSA) is 54.9 Å². The maximum atomic E-state index is 13.0. The molecule has 1 aromatic heterocycles. The molecule has 0 aliphatic heterocycles. The normalized spacial score (nSPS) is 11.5. The summed E-state index contributed by atoms with van der Waals surface area (Å²) in [6.45, 7) is 1.44. The first kappa shape index (κ1) is 15.9. The number of aromatic nitrogens is 2. The van der Waals surface area contributed by atoms with E-state index in [9.17, 15) is 18.0 Å². The van der Waals surface area contributed by atoms with Gasteiger partial charge in [-0.25, -0.2) is 9.97 Å². The fourth-order valence-corrected chi connectivity index (χ4v) is 2.22. The zero-order valence-corrected chi connectivity index (χ0v) is 12.6. The second kappa shape index (κ2) is 5.92. The molecule has 7 heteroatoms. The largest absolute Gasteiger partial charge is 0.451 e. The van der Waals surface area contributed by atoms with Gasteiger partial charge in [-0.15, -0.1) is 0 Å². The van der Waals surface area contributed by atoms with Gasteiger partial charge in [0.2, 0.25) is 5.82 Å². The SMILES string of the molecule is CC(=O)c1ccc(Nc2nc(C(F)(F)F)nc3ccccc23)cc1. The average molecular weight is 331 g/mol. The van der Waals surface area contributed by atoms with Crippen molar-refractivity contribution in [3.8, 4) is 0 Å². The molecule has 0 fully saturated rings. The van der Waals surface area contributed by atoms with Gasteiger partial charge in [-0.3, -0.25) is 4.79 Å². The second-order valence-corrected chi connectivity index (χ2v) is 5.17. The molecule has 3 aromatic rings. The number of carbonyl (C=O) groups is 1. The molecule has 24 heavy (non-hydrogen) atoms. The molecule has 0 unspecified atom stereocenters. The number of para-hydroxylation sites is 1. The monoisotopic (exact) mass is 331 g/mol. The van der Waals surface area contributed by atoms with Crippen LogP contribution in [0.4, 0.5) is 24.7 Å². The van der Waals surface area contributed by atoms with E-state index < -0.39 is 12.0 Å². The van der Waals surface area contributed by atoms with Crippen molar-refractivity contribution >= 4 is 28.2 Å². The molecule has 0 radical (unpaired) electrons. The third kappa shape index (κ3) is 3.19. The van der Waals surface area contributed by atoms with Crippen LogP contribution in [0.5, 0.6) is 0 Å². The Morgan fingerprint density at radius 3 is 2.29 bits per heavy atom. The van der Waals surface area contributed by atoms with Crippen LogP contribution in [0, 0.1) is 0 Å².